The van der Waals surface area contributed by atoms with E-state index in [9.17, 15) is 14.9 Å². The van der Waals surface area contributed by atoms with Gasteiger partial charge in [0, 0.05) is 12.5 Å². The zero-order chi connectivity index (χ0) is 10.0. The molecule has 0 bridgehead atoms. The molecule has 6 heteroatoms. The summed E-state index contributed by atoms with van der Waals surface area (Å²) in [5.41, 5.74) is 5.18. The zero-order valence-corrected chi connectivity index (χ0v) is 7.76. The van der Waals surface area contributed by atoms with Gasteiger partial charge in [-0.3, -0.25) is 14.9 Å². The number of carbonyl (C=O) groups is 1. The molecule has 13 heavy (non-hydrogen) atoms. The van der Waals surface area contributed by atoms with E-state index in [4.69, 9.17) is 5.73 Å². The number of nitrogens with two attached hydrogens (primary N) is 1. The van der Waals surface area contributed by atoms with Crippen molar-refractivity contribution in [2.45, 2.75) is 13.3 Å². The fourth-order valence-corrected chi connectivity index (χ4v) is 1.75. The van der Waals surface area contributed by atoms with Crippen LogP contribution in [0.2, 0.25) is 0 Å². The normalized spacial score (nSPS) is 9.92. The third kappa shape index (κ3) is 1.83. The minimum absolute atomic E-state index is 0.0850. The minimum atomic E-state index is -0.585. The topological polar surface area (TPSA) is 86.2 Å². The molecule has 1 rings (SSSR count). The number of rotatable bonds is 3. The van der Waals surface area contributed by atoms with Gasteiger partial charge in [-0.1, -0.05) is 6.92 Å². The Bertz CT molecular complexity index is 359. The highest BCUT2D eigenvalue weighted by Gasteiger charge is 2.18. The summed E-state index contributed by atoms with van der Waals surface area (Å²) in [4.78, 5) is 21.3. The van der Waals surface area contributed by atoms with E-state index in [2.05, 4.69) is 0 Å². The highest BCUT2D eigenvalue weighted by Crippen LogP contribution is 2.31. The Morgan fingerprint density at radius 1 is 1.77 bits per heavy atom. The summed E-state index contributed by atoms with van der Waals surface area (Å²) in [5.74, 6) is -0.121. The van der Waals surface area contributed by atoms with E-state index < -0.39 is 4.92 Å². The first-order chi connectivity index (χ1) is 6.06. The first kappa shape index (κ1) is 9.66. The average Bonchev–Trinajstić information content (AvgIpc) is 2.46. The van der Waals surface area contributed by atoms with Gasteiger partial charge in [-0.2, -0.15) is 0 Å². The number of nitro groups is 1. The zero-order valence-electron chi connectivity index (χ0n) is 6.94. The van der Waals surface area contributed by atoms with Gasteiger partial charge in [-0.15, -0.1) is 11.3 Å². The molecule has 0 aliphatic rings. The number of anilines is 1. The molecule has 1 aromatic heterocycles. The molecule has 5 nitrogen and oxygen atoms in total. The Balaban J connectivity index is 3.09. The van der Waals surface area contributed by atoms with Gasteiger partial charge in [0.2, 0.25) is 0 Å². The van der Waals surface area contributed by atoms with Crippen molar-refractivity contribution in [2.75, 3.05) is 5.73 Å². The second-order valence-electron chi connectivity index (χ2n) is 2.39. The van der Waals surface area contributed by atoms with Gasteiger partial charge in [0.1, 0.15) is 0 Å². The molecule has 70 valence electrons. The molecule has 0 unspecified atom stereocenters. The van der Waals surface area contributed by atoms with Crippen LogP contribution in [0.15, 0.2) is 6.07 Å². The molecule has 0 amide bonds. The molecule has 0 fully saturated rings. The van der Waals surface area contributed by atoms with Crippen LogP contribution >= 0.6 is 11.3 Å². The number of carbonyl (C=O) groups excluding carboxylic acids is 1. The molecule has 0 radical (unpaired) electrons. The van der Waals surface area contributed by atoms with E-state index in [0.717, 1.165) is 11.3 Å². The number of hydrogen-bond donors (Lipinski definition) is 1. The summed E-state index contributed by atoms with van der Waals surface area (Å²) in [6, 6.07) is 1.23. The number of hydrogen-bond acceptors (Lipinski definition) is 5. The molecule has 1 aromatic rings. The highest BCUT2D eigenvalue weighted by atomic mass is 32.1. The molecule has 1 heterocycles. The molecule has 0 saturated carbocycles. The molecule has 2 N–H and O–H groups in total. The highest BCUT2D eigenvalue weighted by molar-refractivity contribution is 7.18. The van der Waals surface area contributed by atoms with E-state index >= 15 is 0 Å². The van der Waals surface area contributed by atoms with Gasteiger partial charge in [-0.25, -0.2) is 0 Å². The first-order valence-electron chi connectivity index (χ1n) is 3.63. The molecule has 0 aromatic carbocycles. The van der Waals surface area contributed by atoms with Crippen molar-refractivity contribution >= 4 is 27.8 Å². The maximum absolute atomic E-state index is 11.1. The van der Waals surface area contributed by atoms with Crippen LogP contribution in [-0.2, 0) is 0 Å². The van der Waals surface area contributed by atoms with E-state index in [1.807, 2.05) is 0 Å². The third-order valence-corrected chi connectivity index (χ3v) is 2.53. The molecule has 0 aliphatic heterocycles. The van der Waals surface area contributed by atoms with Crippen molar-refractivity contribution in [1.82, 2.24) is 0 Å². The van der Waals surface area contributed by atoms with Crippen LogP contribution in [0, 0.1) is 10.1 Å². The number of nitrogen functional groups attached to an aromatic ring is 1. The number of nitrogens with zero attached hydrogens (tertiary/aromatic N) is 1. The lowest BCUT2D eigenvalue weighted by Gasteiger charge is -1.86. The summed E-state index contributed by atoms with van der Waals surface area (Å²) in [5, 5.41) is 10.5. The van der Waals surface area contributed by atoms with Crippen LogP contribution < -0.4 is 5.73 Å². The van der Waals surface area contributed by atoms with Crippen LogP contribution in [-0.4, -0.2) is 10.7 Å². The standard InChI is InChI=1S/C7H8N2O3S/c1-2-5(10)6-3-4(9(11)12)7(8)13-6/h3H,2,8H2,1H3. The van der Waals surface area contributed by atoms with E-state index in [-0.39, 0.29) is 16.5 Å². The number of ketones is 1. The molecular formula is C7H8N2O3S. The SMILES string of the molecule is CCC(=O)c1cc([N+](=O)[O-])c(N)s1. The van der Waals surface area contributed by atoms with Crippen LogP contribution in [0.1, 0.15) is 23.0 Å². The minimum Gasteiger partial charge on any atom is -0.385 e. The Kier molecular flexibility index (Phi) is 2.62. The van der Waals surface area contributed by atoms with E-state index in [0.29, 0.717) is 11.3 Å². The maximum atomic E-state index is 11.1. The predicted octanol–water partition coefficient (Wildman–Crippen LogP) is 1.83. The maximum Gasteiger partial charge on any atom is 0.303 e. The Morgan fingerprint density at radius 2 is 2.38 bits per heavy atom. The monoisotopic (exact) mass is 200 g/mol. The van der Waals surface area contributed by atoms with Crippen LogP contribution in [0.5, 0.6) is 0 Å². The summed E-state index contributed by atoms with van der Waals surface area (Å²) < 4.78 is 0. The van der Waals surface area contributed by atoms with E-state index in [1.165, 1.54) is 6.07 Å². The lowest BCUT2D eigenvalue weighted by atomic mass is 10.2. The predicted molar refractivity (Wildman–Crippen MR) is 50.0 cm³/mol. The molecular weight excluding hydrogens is 192 g/mol. The summed E-state index contributed by atoms with van der Waals surface area (Å²) in [6.45, 7) is 1.70. The van der Waals surface area contributed by atoms with Gasteiger partial charge >= 0.3 is 5.69 Å². The summed E-state index contributed by atoms with van der Waals surface area (Å²) in [6.07, 6.45) is 0.330. The van der Waals surface area contributed by atoms with Crippen LogP contribution in [0.4, 0.5) is 10.7 Å². The lowest BCUT2D eigenvalue weighted by Crippen LogP contribution is -1.91. The molecule has 0 saturated heterocycles. The van der Waals surface area contributed by atoms with Gasteiger partial charge in [0.15, 0.2) is 10.8 Å². The van der Waals surface area contributed by atoms with E-state index in [1.54, 1.807) is 6.92 Å². The van der Waals surface area contributed by atoms with Gasteiger partial charge in [0.05, 0.1) is 9.80 Å². The van der Waals surface area contributed by atoms with Crippen molar-refractivity contribution < 1.29 is 9.72 Å². The van der Waals surface area contributed by atoms with Crippen molar-refractivity contribution in [3.05, 3.63) is 21.1 Å². The molecule has 0 aliphatic carbocycles. The summed E-state index contributed by atoms with van der Waals surface area (Å²) in [7, 11) is 0. The molecule has 0 atom stereocenters. The van der Waals surface area contributed by atoms with Crippen LogP contribution in [0.25, 0.3) is 0 Å². The Morgan fingerprint density at radius 3 is 2.77 bits per heavy atom. The lowest BCUT2D eigenvalue weighted by molar-refractivity contribution is -0.383. The van der Waals surface area contributed by atoms with Crippen LogP contribution in [0.3, 0.4) is 0 Å². The van der Waals surface area contributed by atoms with Gasteiger partial charge < -0.3 is 5.73 Å². The van der Waals surface area contributed by atoms with Gasteiger partial charge in [0.25, 0.3) is 0 Å². The smallest absolute Gasteiger partial charge is 0.303 e. The number of thiophene rings is 1. The Hall–Kier alpha value is -1.43. The average molecular weight is 200 g/mol. The number of Topliss-reactive ketones (excluding diaryl/α,β-unsaturated/α-hetero) is 1. The van der Waals surface area contributed by atoms with Crippen molar-refractivity contribution in [2.24, 2.45) is 0 Å². The van der Waals surface area contributed by atoms with Gasteiger partial charge in [-0.05, 0) is 0 Å². The second-order valence-corrected chi connectivity index (χ2v) is 3.48. The fourth-order valence-electron chi connectivity index (χ4n) is 0.850. The van der Waals surface area contributed by atoms with Crippen molar-refractivity contribution in [3.63, 3.8) is 0 Å². The fraction of sp³-hybridized carbons (Fsp3) is 0.286. The summed E-state index contributed by atoms with van der Waals surface area (Å²) >= 11 is 0.962. The molecule has 0 spiro atoms. The quantitative estimate of drug-likeness (QED) is 0.458. The third-order valence-electron chi connectivity index (χ3n) is 1.53. The second kappa shape index (κ2) is 3.53. The largest absolute Gasteiger partial charge is 0.385 e. The Labute approximate surface area is 78.3 Å². The van der Waals surface area contributed by atoms with Crippen molar-refractivity contribution in [1.29, 1.82) is 0 Å². The van der Waals surface area contributed by atoms with Crippen molar-refractivity contribution in [3.8, 4) is 0 Å². The first-order valence-corrected chi connectivity index (χ1v) is 4.44.